The number of hydrogen-bond donors (Lipinski definition) is 2. The Morgan fingerprint density at radius 3 is 2.95 bits per heavy atom. The van der Waals surface area contributed by atoms with E-state index in [0.717, 1.165) is 0 Å². The molecule has 2 N–H and O–H groups in total. The molecule has 0 aliphatic carbocycles. The number of aliphatic hydroxyl groups is 1. The summed E-state index contributed by atoms with van der Waals surface area (Å²) in [5.41, 5.74) is 0. The molecule has 0 bridgehead atoms. The van der Waals surface area contributed by atoms with Crippen molar-refractivity contribution in [1.29, 1.82) is 0 Å². The number of carbonyl (C=O) groups excluding carboxylic acids is 2. The Balaban J connectivity index is 1.89. The standard InChI is InChI=1S/C13H21N3O3/c1-2-5-15-7-4-14-11(13(15)19)8-12(18)16-6-3-10(17)9-16/h2,10-11,14,17H,1,3-9H2. The van der Waals surface area contributed by atoms with Crippen LogP contribution in [0.4, 0.5) is 0 Å². The third-order valence-electron chi connectivity index (χ3n) is 3.63. The van der Waals surface area contributed by atoms with Gasteiger partial charge in [-0.3, -0.25) is 9.59 Å². The molecular formula is C13H21N3O3. The van der Waals surface area contributed by atoms with Crippen molar-refractivity contribution in [1.82, 2.24) is 15.1 Å². The molecule has 2 saturated heterocycles. The molecule has 2 aliphatic heterocycles. The summed E-state index contributed by atoms with van der Waals surface area (Å²) >= 11 is 0. The van der Waals surface area contributed by atoms with E-state index in [1.807, 2.05) is 0 Å². The van der Waals surface area contributed by atoms with Crippen molar-refractivity contribution in [3.8, 4) is 0 Å². The van der Waals surface area contributed by atoms with Crippen LogP contribution in [0.3, 0.4) is 0 Å². The van der Waals surface area contributed by atoms with Crippen LogP contribution in [0.5, 0.6) is 0 Å². The van der Waals surface area contributed by atoms with Crippen molar-refractivity contribution < 1.29 is 14.7 Å². The predicted octanol–water partition coefficient (Wildman–Crippen LogP) is -1.04. The van der Waals surface area contributed by atoms with Gasteiger partial charge in [-0.05, 0) is 6.42 Å². The number of rotatable bonds is 4. The van der Waals surface area contributed by atoms with E-state index in [2.05, 4.69) is 11.9 Å². The summed E-state index contributed by atoms with van der Waals surface area (Å²) in [7, 11) is 0. The Bertz CT molecular complexity index is 372. The lowest BCUT2D eigenvalue weighted by molar-refractivity contribution is -0.140. The van der Waals surface area contributed by atoms with Gasteiger partial charge in [-0.1, -0.05) is 6.08 Å². The molecule has 2 rings (SSSR count). The molecule has 2 atom stereocenters. The summed E-state index contributed by atoms with van der Waals surface area (Å²) in [5, 5.41) is 12.5. The molecule has 6 nitrogen and oxygen atoms in total. The molecule has 106 valence electrons. The molecule has 6 heteroatoms. The van der Waals surface area contributed by atoms with Crippen molar-refractivity contribution in [2.75, 3.05) is 32.7 Å². The van der Waals surface area contributed by atoms with E-state index < -0.39 is 12.1 Å². The SMILES string of the molecule is C=CCN1CCNC(CC(=O)N2CCC(O)C2)C1=O. The summed E-state index contributed by atoms with van der Waals surface area (Å²) < 4.78 is 0. The van der Waals surface area contributed by atoms with E-state index in [1.165, 1.54) is 0 Å². The quantitative estimate of drug-likeness (QED) is 0.638. The van der Waals surface area contributed by atoms with E-state index in [9.17, 15) is 14.7 Å². The van der Waals surface area contributed by atoms with Gasteiger partial charge < -0.3 is 20.2 Å². The van der Waals surface area contributed by atoms with Crippen LogP contribution in [0.2, 0.25) is 0 Å². The highest BCUT2D eigenvalue weighted by Crippen LogP contribution is 2.13. The highest BCUT2D eigenvalue weighted by molar-refractivity contribution is 5.89. The Morgan fingerprint density at radius 1 is 1.53 bits per heavy atom. The van der Waals surface area contributed by atoms with Gasteiger partial charge >= 0.3 is 0 Å². The molecule has 0 spiro atoms. The van der Waals surface area contributed by atoms with Crippen LogP contribution in [0, 0.1) is 0 Å². The number of carbonyl (C=O) groups is 2. The number of aliphatic hydroxyl groups excluding tert-OH is 1. The van der Waals surface area contributed by atoms with Gasteiger partial charge in [-0.25, -0.2) is 0 Å². The monoisotopic (exact) mass is 267 g/mol. The lowest BCUT2D eigenvalue weighted by Gasteiger charge is -2.32. The highest BCUT2D eigenvalue weighted by Gasteiger charge is 2.32. The minimum Gasteiger partial charge on any atom is -0.391 e. The molecule has 0 saturated carbocycles. The minimum absolute atomic E-state index is 0.0424. The first-order valence-electron chi connectivity index (χ1n) is 6.70. The summed E-state index contributed by atoms with van der Waals surface area (Å²) in [6.45, 7) is 6.46. The molecule has 2 fully saturated rings. The molecule has 0 aromatic heterocycles. The van der Waals surface area contributed by atoms with Crippen LogP contribution in [-0.4, -0.2) is 71.6 Å². The number of amides is 2. The Morgan fingerprint density at radius 2 is 2.32 bits per heavy atom. The normalized spacial score (nSPS) is 27.7. The smallest absolute Gasteiger partial charge is 0.240 e. The maximum atomic E-state index is 12.1. The van der Waals surface area contributed by atoms with Gasteiger partial charge in [0.05, 0.1) is 18.6 Å². The molecule has 2 unspecified atom stereocenters. The zero-order valence-electron chi connectivity index (χ0n) is 11.0. The van der Waals surface area contributed by atoms with Crippen LogP contribution in [0.1, 0.15) is 12.8 Å². The Labute approximate surface area is 113 Å². The molecule has 0 radical (unpaired) electrons. The van der Waals surface area contributed by atoms with Crippen molar-refractivity contribution in [3.63, 3.8) is 0 Å². The fourth-order valence-corrected chi connectivity index (χ4v) is 2.56. The van der Waals surface area contributed by atoms with Crippen molar-refractivity contribution in [2.45, 2.75) is 25.0 Å². The Hall–Kier alpha value is -1.40. The lowest BCUT2D eigenvalue weighted by Crippen LogP contribution is -2.56. The second-order valence-electron chi connectivity index (χ2n) is 5.07. The van der Waals surface area contributed by atoms with Crippen LogP contribution in [-0.2, 0) is 9.59 Å². The number of β-amino-alcohol motifs (C(OH)–C–C–N with tert-alkyl or cyclic N) is 1. The largest absolute Gasteiger partial charge is 0.391 e. The van der Waals surface area contributed by atoms with Gasteiger partial charge in [-0.2, -0.15) is 0 Å². The topological polar surface area (TPSA) is 72.9 Å². The number of nitrogens with zero attached hydrogens (tertiary/aromatic N) is 2. The maximum absolute atomic E-state index is 12.1. The number of nitrogens with one attached hydrogen (secondary N) is 1. The van der Waals surface area contributed by atoms with Crippen molar-refractivity contribution >= 4 is 11.8 Å². The molecule has 0 aromatic rings. The minimum atomic E-state index is -0.445. The summed E-state index contributed by atoms with van der Waals surface area (Å²) in [5.74, 6) is -0.109. The summed E-state index contributed by atoms with van der Waals surface area (Å²) in [6, 6.07) is -0.445. The van der Waals surface area contributed by atoms with Crippen LogP contribution >= 0.6 is 0 Å². The first kappa shape index (κ1) is 14.0. The summed E-state index contributed by atoms with van der Waals surface area (Å²) in [6.07, 6.45) is 2.06. The molecule has 2 heterocycles. The number of hydrogen-bond acceptors (Lipinski definition) is 4. The second-order valence-corrected chi connectivity index (χ2v) is 5.07. The van der Waals surface area contributed by atoms with Crippen LogP contribution < -0.4 is 5.32 Å². The van der Waals surface area contributed by atoms with Gasteiger partial charge in [0.15, 0.2) is 0 Å². The van der Waals surface area contributed by atoms with E-state index in [1.54, 1.807) is 15.9 Å². The third-order valence-corrected chi connectivity index (χ3v) is 3.63. The van der Waals surface area contributed by atoms with E-state index >= 15 is 0 Å². The first-order valence-corrected chi connectivity index (χ1v) is 6.70. The second kappa shape index (κ2) is 6.16. The van der Waals surface area contributed by atoms with Crippen molar-refractivity contribution in [2.24, 2.45) is 0 Å². The van der Waals surface area contributed by atoms with E-state index in [4.69, 9.17) is 0 Å². The van der Waals surface area contributed by atoms with Gasteiger partial charge in [0.25, 0.3) is 0 Å². The van der Waals surface area contributed by atoms with E-state index in [0.29, 0.717) is 39.1 Å². The molecular weight excluding hydrogens is 246 g/mol. The van der Waals surface area contributed by atoms with Gasteiger partial charge in [-0.15, -0.1) is 6.58 Å². The Kier molecular flexibility index (Phi) is 4.55. The first-order chi connectivity index (χ1) is 9.11. The average Bonchev–Trinajstić information content (AvgIpc) is 2.81. The fraction of sp³-hybridized carbons (Fsp3) is 0.692. The van der Waals surface area contributed by atoms with Crippen LogP contribution in [0.25, 0.3) is 0 Å². The van der Waals surface area contributed by atoms with Crippen molar-refractivity contribution in [3.05, 3.63) is 12.7 Å². The average molecular weight is 267 g/mol. The number of piperazine rings is 1. The lowest BCUT2D eigenvalue weighted by atomic mass is 10.1. The highest BCUT2D eigenvalue weighted by atomic mass is 16.3. The number of likely N-dealkylation sites (tertiary alicyclic amines) is 1. The van der Waals surface area contributed by atoms with E-state index in [-0.39, 0.29) is 18.2 Å². The van der Waals surface area contributed by atoms with Gasteiger partial charge in [0.2, 0.25) is 11.8 Å². The molecule has 0 aromatic carbocycles. The van der Waals surface area contributed by atoms with Gasteiger partial charge in [0, 0.05) is 32.7 Å². The molecule has 19 heavy (non-hydrogen) atoms. The van der Waals surface area contributed by atoms with Crippen LogP contribution in [0.15, 0.2) is 12.7 Å². The fourth-order valence-electron chi connectivity index (χ4n) is 2.56. The third kappa shape index (κ3) is 3.33. The zero-order valence-corrected chi connectivity index (χ0v) is 11.0. The summed E-state index contributed by atoms with van der Waals surface area (Å²) in [4.78, 5) is 27.5. The maximum Gasteiger partial charge on any atom is 0.240 e. The predicted molar refractivity (Wildman–Crippen MR) is 70.4 cm³/mol. The molecule has 2 aliphatic rings. The zero-order chi connectivity index (χ0) is 13.8. The van der Waals surface area contributed by atoms with Gasteiger partial charge in [0.1, 0.15) is 0 Å². The molecule has 2 amide bonds.